The molecular weight excluding hydrogens is 863 g/mol. The number of aliphatic hydroxyl groups excluding tert-OH is 5. The minimum Gasteiger partial charge on any atom is -0.394 e. The maximum atomic E-state index is 13.0. The van der Waals surface area contributed by atoms with Crippen LogP contribution in [0.1, 0.15) is 271 Å². The molecule has 0 aromatic rings. The minimum absolute atomic E-state index is 0.186. The average Bonchev–Trinajstić information content (AvgIpc) is 3.35. The highest BCUT2D eigenvalue weighted by molar-refractivity contribution is 5.76. The predicted octanol–water partition coefficient (Wildman–Crippen LogP) is 14.5. The Morgan fingerprint density at radius 3 is 1.30 bits per heavy atom. The van der Waals surface area contributed by atoms with Crippen molar-refractivity contribution in [2.24, 2.45) is 0 Å². The lowest BCUT2D eigenvalue weighted by molar-refractivity contribution is -0.302. The fraction of sp³-hybridized carbons (Fsp3) is 0.850. The van der Waals surface area contributed by atoms with Crippen LogP contribution < -0.4 is 5.32 Å². The average molecular weight is 975 g/mol. The van der Waals surface area contributed by atoms with E-state index < -0.39 is 49.5 Å². The molecular formula is C60H111NO8. The number of allylic oxidation sites excluding steroid dienone is 7. The molecule has 1 saturated heterocycles. The number of hydrogen-bond acceptors (Lipinski definition) is 8. The zero-order chi connectivity index (χ0) is 50.1. The lowest BCUT2D eigenvalue weighted by atomic mass is 9.99. The standard InChI is InChI=1S/C60H111NO8/c1-3-5-7-9-11-13-15-16-17-18-19-20-21-22-23-24-25-26-27-28-29-30-31-32-33-34-35-36-37-38-40-42-44-46-48-50-56(64)61-53(52-68-60-59(67)58(66)57(65)55(51-62)69-60)54(63)49-47-45-43-41-39-14-12-10-8-6-4-2/h21-22,24-25,39,41,47,49,53-55,57-60,62-63,65-67H,3-20,23,26-38,40,42-46,48,50-52H2,1-2H3,(H,61,64)/b22-21-,25-24-,41-39+,49-47+. The first-order valence-electron chi connectivity index (χ1n) is 29.4. The summed E-state index contributed by atoms with van der Waals surface area (Å²) in [6.07, 6.45) is 59.3. The van der Waals surface area contributed by atoms with Crippen molar-refractivity contribution in [1.29, 1.82) is 0 Å². The van der Waals surface area contributed by atoms with Crippen LogP contribution in [-0.2, 0) is 14.3 Å². The predicted molar refractivity (Wildman–Crippen MR) is 290 cm³/mol. The van der Waals surface area contributed by atoms with E-state index in [4.69, 9.17) is 9.47 Å². The molecule has 6 N–H and O–H groups in total. The maximum absolute atomic E-state index is 13.0. The summed E-state index contributed by atoms with van der Waals surface area (Å²) in [5.74, 6) is -0.186. The number of carbonyl (C=O) groups is 1. The second-order valence-electron chi connectivity index (χ2n) is 20.4. The van der Waals surface area contributed by atoms with Crippen molar-refractivity contribution in [2.75, 3.05) is 13.2 Å². The monoisotopic (exact) mass is 974 g/mol. The van der Waals surface area contributed by atoms with E-state index in [2.05, 4.69) is 55.6 Å². The van der Waals surface area contributed by atoms with Gasteiger partial charge in [-0.1, -0.05) is 249 Å². The lowest BCUT2D eigenvalue weighted by Crippen LogP contribution is -2.60. The van der Waals surface area contributed by atoms with Crippen molar-refractivity contribution in [3.63, 3.8) is 0 Å². The number of aliphatic hydroxyl groups is 5. The van der Waals surface area contributed by atoms with E-state index in [1.54, 1.807) is 6.08 Å². The Kier molecular flexibility index (Phi) is 47.0. The molecule has 404 valence electrons. The summed E-state index contributed by atoms with van der Waals surface area (Å²) in [6, 6.07) is -0.820. The Labute approximate surface area is 424 Å². The Hall–Kier alpha value is -1.85. The third kappa shape index (κ3) is 39.4. The molecule has 0 aromatic carbocycles. The molecule has 1 aliphatic rings. The number of hydrogen-bond donors (Lipinski definition) is 6. The Balaban J connectivity index is 2.08. The Bertz CT molecular complexity index is 1220. The summed E-state index contributed by atoms with van der Waals surface area (Å²) < 4.78 is 11.2. The van der Waals surface area contributed by atoms with Crippen molar-refractivity contribution in [1.82, 2.24) is 5.32 Å². The second kappa shape index (κ2) is 49.7. The molecule has 0 radical (unpaired) electrons. The molecule has 7 atom stereocenters. The van der Waals surface area contributed by atoms with Crippen molar-refractivity contribution in [3.05, 3.63) is 48.6 Å². The molecule has 0 bridgehead atoms. The van der Waals surface area contributed by atoms with E-state index in [-0.39, 0.29) is 12.5 Å². The van der Waals surface area contributed by atoms with Crippen LogP contribution in [0.25, 0.3) is 0 Å². The Morgan fingerprint density at radius 2 is 0.870 bits per heavy atom. The van der Waals surface area contributed by atoms with Crippen molar-refractivity contribution >= 4 is 5.91 Å². The van der Waals surface area contributed by atoms with Crippen LogP contribution in [0.15, 0.2) is 48.6 Å². The van der Waals surface area contributed by atoms with Crippen LogP contribution >= 0.6 is 0 Å². The van der Waals surface area contributed by atoms with Gasteiger partial charge in [0.15, 0.2) is 6.29 Å². The van der Waals surface area contributed by atoms with Crippen LogP contribution in [0, 0.1) is 0 Å². The van der Waals surface area contributed by atoms with Gasteiger partial charge in [0.25, 0.3) is 0 Å². The number of amides is 1. The number of ether oxygens (including phenoxy) is 2. The largest absolute Gasteiger partial charge is 0.394 e. The molecule has 1 fully saturated rings. The van der Waals surface area contributed by atoms with Gasteiger partial charge in [0.1, 0.15) is 24.4 Å². The van der Waals surface area contributed by atoms with Gasteiger partial charge in [-0.3, -0.25) is 4.79 Å². The first kappa shape index (κ1) is 65.2. The van der Waals surface area contributed by atoms with Gasteiger partial charge in [-0.2, -0.15) is 0 Å². The summed E-state index contributed by atoms with van der Waals surface area (Å²) in [7, 11) is 0. The van der Waals surface area contributed by atoms with E-state index in [0.29, 0.717) is 6.42 Å². The van der Waals surface area contributed by atoms with Crippen LogP contribution in [0.3, 0.4) is 0 Å². The van der Waals surface area contributed by atoms with E-state index in [1.165, 1.54) is 205 Å². The molecule has 0 aromatic heterocycles. The normalized spacial score (nSPS) is 19.8. The molecule has 0 saturated carbocycles. The molecule has 9 nitrogen and oxygen atoms in total. The first-order chi connectivity index (χ1) is 33.8. The fourth-order valence-electron chi connectivity index (χ4n) is 9.20. The van der Waals surface area contributed by atoms with Crippen molar-refractivity contribution in [3.8, 4) is 0 Å². The van der Waals surface area contributed by atoms with Gasteiger partial charge in [0.05, 0.1) is 25.4 Å². The quantitative estimate of drug-likeness (QED) is 0.0261. The fourth-order valence-corrected chi connectivity index (χ4v) is 9.20. The summed E-state index contributed by atoms with van der Waals surface area (Å²) in [6.45, 7) is 3.75. The van der Waals surface area contributed by atoms with E-state index >= 15 is 0 Å². The maximum Gasteiger partial charge on any atom is 0.220 e. The van der Waals surface area contributed by atoms with Gasteiger partial charge in [0.2, 0.25) is 5.91 Å². The summed E-state index contributed by atoms with van der Waals surface area (Å²) in [4.78, 5) is 13.0. The van der Waals surface area contributed by atoms with Gasteiger partial charge in [-0.25, -0.2) is 0 Å². The summed E-state index contributed by atoms with van der Waals surface area (Å²) in [5.41, 5.74) is 0. The van der Waals surface area contributed by atoms with Gasteiger partial charge in [-0.05, 0) is 64.2 Å². The number of rotatable bonds is 50. The van der Waals surface area contributed by atoms with Crippen molar-refractivity contribution < 1.29 is 39.8 Å². The molecule has 69 heavy (non-hydrogen) atoms. The van der Waals surface area contributed by atoms with Gasteiger partial charge >= 0.3 is 0 Å². The summed E-state index contributed by atoms with van der Waals surface area (Å²) in [5, 5.41) is 54.3. The van der Waals surface area contributed by atoms with E-state index in [9.17, 15) is 30.3 Å². The highest BCUT2D eigenvalue weighted by Gasteiger charge is 2.44. The van der Waals surface area contributed by atoms with Crippen molar-refractivity contribution in [2.45, 2.75) is 314 Å². The molecule has 9 heteroatoms. The van der Waals surface area contributed by atoms with Gasteiger partial charge < -0.3 is 40.3 Å². The van der Waals surface area contributed by atoms with Gasteiger partial charge in [0, 0.05) is 6.42 Å². The molecule has 1 amide bonds. The van der Waals surface area contributed by atoms with Crippen LogP contribution in [-0.4, -0.2) is 87.5 Å². The van der Waals surface area contributed by atoms with Crippen LogP contribution in [0.4, 0.5) is 0 Å². The topological polar surface area (TPSA) is 149 Å². The number of unbranched alkanes of at least 4 members (excludes halogenated alkanes) is 34. The molecule has 7 unspecified atom stereocenters. The Morgan fingerprint density at radius 1 is 0.493 bits per heavy atom. The molecule has 0 aliphatic carbocycles. The van der Waals surface area contributed by atoms with Gasteiger partial charge in [-0.15, -0.1) is 0 Å². The third-order valence-electron chi connectivity index (χ3n) is 13.9. The van der Waals surface area contributed by atoms with Crippen LogP contribution in [0.2, 0.25) is 0 Å². The van der Waals surface area contributed by atoms with E-state index in [0.717, 1.165) is 44.9 Å². The zero-order valence-electron chi connectivity index (χ0n) is 44.8. The molecule has 0 spiro atoms. The SMILES string of the molecule is CCCCCCC/C=C/CC/C=C/C(O)C(COC1OC(CO)C(O)C(O)C1O)NC(=O)CCCCCCCCCCCCCCCCCCC/C=C\C/C=C\CCCCCCCCCCCCC. The molecule has 1 heterocycles. The second-order valence-corrected chi connectivity index (χ2v) is 20.4. The highest BCUT2D eigenvalue weighted by atomic mass is 16.7. The van der Waals surface area contributed by atoms with Crippen LogP contribution in [0.5, 0.6) is 0 Å². The smallest absolute Gasteiger partial charge is 0.220 e. The first-order valence-corrected chi connectivity index (χ1v) is 29.4. The lowest BCUT2D eigenvalue weighted by Gasteiger charge is -2.40. The number of carbonyl (C=O) groups excluding carboxylic acids is 1. The third-order valence-corrected chi connectivity index (χ3v) is 13.9. The zero-order valence-corrected chi connectivity index (χ0v) is 44.8. The highest BCUT2D eigenvalue weighted by Crippen LogP contribution is 2.23. The minimum atomic E-state index is -1.57. The summed E-state index contributed by atoms with van der Waals surface area (Å²) >= 11 is 0. The molecule has 1 aliphatic heterocycles. The number of nitrogens with one attached hydrogen (secondary N) is 1. The van der Waals surface area contributed by atoms with E-state index in [1.807, 2.05) is 6.08 Å². The molecule has 1 rings (SSSR count).